The first-order chi connectivity index (χ1) is 9.52. The molecule has 0 saturated heterocycles. The summed E-state index contributed by atoms with van der Waals surface area (Å²) in [6, 6.07) is 3.21. The number of carbonyl (C=O) groups excluding carboxylic acids is 1. The Morgan fingerprint density at radius 3 is 2.80 bits per heavy atom. The monoisotopic (exact) mass is 342 g/mol. The molecule has 0 atom stereocenters. The fourth-order valence-electron chi connectivity index (χ4n) is 1.94. The van der Waals surface area contributed by atoms with Gasteiger partial charge in [-0.05, 0) is 34.0 Å². The van der Waals surface area contributed by atoms with Crippen LogP contribution in [0.1, 0.15) is 29.4 Å². The second kappa shape index (κ2) is 6.26. The van der Waals surface area contributed by atoms with Crippen LogP contribution in [0.4, 0.5) is 8.78 Å². The number of carbonyl (C=O) groups is 1. The summed E-state index contributed by atoms with van der Waals surface area (Å²) in [7, 11) is 0. The van der Waals surface area contributed by atoms with Crippen molar-refractivity contribution in [3.63, 3.8) is 0 Å². The van der Waals surface area contributed by atoms with Crippen LogP contribution in [0.3, 0.4) is 0 Å². The van der Waals surface area contributed by atoms with Gasteiger partial charge >= 0.3 is 0 Å². The third-order valence-corrected chi connectivity index (χ3v) is 3.44. The summed E-state index contributed by atoms with van der Waals surface area (Å²) in [5.74, 6) is -1.62. The van der Waals surface area contributed by atoms with Crippen LogP contribution in [-0.2, 0) is 13.0 Å². The molecule has 0 fully saturated rings. The van der Waals surface area contributed by atoms with Gasteiger partial charge in [0.2, 0.25) is 0 Å². The number of halogens is 3. The fourth-order valence-corrected chi connectivity index (χ4v) is 2.46. The van der Waals surface area contributed by atoms with Crippen LogP contribution < -0.4 is 0 Å². The van der Waals surface area contributed by atoms with Gasteiger partial charge in [0.1, 0.15) is 17.3 Å². The van der Waals surface area contributed by atoms with E-state index in [1.807, 2.05) is 6.92 Å². The van der Waals surface area contributed by atoms with E-state index in [-0.39, 0.29) is 17.8 Å². The maximum atomic E-state index is 13.6. The van der Waals surface area contributed by atoms with Gasteiger partial charge in [-0.2, -0.15) is 5.10 Å². The minimum Gasteiger partial charge on any atom is -0.292 e. The van der Waals surface area contributed by atoms with E-state index in [2.05, 4.69) is 21.0 Å². The van der Waals surface area contributed by atoms with Crippen LogP contribution in [0.15, 0.2) is 28.9 Å². The van der Waals surface area contributed by atoms with Gasteiger partial charge in [0.15, 0.2) is 5.78 Å². The summed E-state index contributed by atoms with van der Waals surface area (Å²) < 4.78 is 28.6. The molecule has 0 N–H and O–H groups in total. The molecule has 6 heteroatoms. The zero-order valence-electron chi connectivity index (χ0n) is 10.9. The maximum absolute atomic E-state index is 13.6. The van der Waals surface area contributed by atoms with Crippen LogP contribution in [0.5, 0.6) is 0 Å². The van der Waals surface area contributed by atoms with Crippen molar-refractivity contribution in [2.24, 2.45) is 0 Å². The molecule has 0 radical (unpaired) electrons. The van der Waals surface area contributed by atoms with Gasteiger partial charge in [0.25, 0.3) is 0 Å². The molecular weight excluding hydrogens is 330 g/mol. The van der Waals surface area contributed by atoms with Gasteiger partial charge in [-0.1, -0.05) is 13.0 Å². The Kier molecular flexibility index (Phi) is 4.65. The van der Waals surface area contributed by atoms with E-state index in [0.29, 0.717) is 16.7 Å². The highest BCUT2D eigenvalue weighted by Gasteiger charge is 2.18. The highest BCUT2D eigenvalue weighted by atomic mass is 79.9. The van der Waals surface area contributed by atoms with Gasteiger partial charge in [-0.25, -0.2) is 8.78 Å². The summed E-state index contributed by atoms with van der Waals surface area (Å²) in [5, 5.41) is 4.10. The molecule has 1 heterocycles. The summed E-state index contributed by atoms with van der Waals surface area (Å²) in [4.78, 5) is 12.3. The largest absolute Gasteiger partial charge is 0.292 e. The van der Waals surface area contributed by atoms with Gasteiger partial charge in [0, 0.05) is 19.0 Å². The van der Waals surface area contributed by atoms with Crippen LogP contribution in [0.2, 0.25) is 0 Å². The molecular formula is C14H13BrF2N2O. The molecule has 0 aliphatic carbocycles. The van der Waals surface area contributed by atoms with E-state index in [4.69, 9.17) is 0 Å². The fraction of sp³-hybridized carbons (Fsp3) is 0.286. The number of aryl methyl sites for hydroxylation is 1. The van der Waals surface area contributed by atoms with Crippen LogP contribution in [0, 0.1) is 11.6 Å². The third kappa shape index (κ3) is 3.12. The molecule has 1 aromatic carbocycles. The van der Waals surface area contributed by atoms with Crippen molar-refractivity contribution in [2.75, 3.05) is 0 Å². The van der Waals surface area contributed by atoms with E-state index < -0.39 is 11.6 Å². The van der Waals surface area contributed by atoms with E-state index in [1.54, 1.807) is 10.9 Å². The van der Waals surface area contributed by atoms with Gasteiger partial charge in [0.05, 0.1) is 10.7 Å². The lowest BCUT2D eigenvalue weighted by molar-refractivity contribution is 0.0980. The second-order valence-electron chi connectivity index (χ2n) is 4.40. The van der Waals surface area contributed by atoms with Gasteiger partial charge in [-0.3, -0.25) is 9.48 Å². The molecule has 0 saturated carbocycles. The normalized spacial score (nSPS) is 10.8. The minimum atomic E-state index is -0.712. The molecule has 1 aromatic heterocycles. The van der Waals surface area contributed by atoms with Crippen LogP contribution >= 0.6 is 15.9 Å². The zero-order chi connectivity index (χ0) is 14.7. The molecule has 0 aliphatic heterocycles. The van der Waals surface area contributed by atoms with Crippen LogP contribution in [-0.4, -0.2) is 15.6 Å². The number of benzene rings is 1. The Morgan fingerprint density at radius 1 is 1.40 bits per heavy atom. The quantitative estimate of drug-likeness (QED) is 0.775. The second-order valence-corrected chi connectivity index (χ2v) is 5.25. The molecule has 3 nitrogen and oxygen atoms in total. The molecule has 2 aromatic rings. The molecule has 106 valence electrons. The Morgan fingerprint density at radius 2 is 2.15 bits per heavy atom. The van der Waals surface area contributed by atoms with Crippen molar-refractivity contribution in [2.45, 2.75) is 26.3 Å². The lowest BCUT2D eigenvalue weighted by atomic mass is 10.1. The lowest BCUT2D eigenvalue weighted by Crippen LogP contribution is -2.14. The van der Waals surface area contributed by atoms with Crippen molar-refractivity contribution in [3.8, 4) is 0 Å². The summed E-state index contributed by atoms with van der Waals surface area (Å²) >= 11 is 3.27. The highest BCUT2D eigenvalue weighted by Crippen LogP contribution is 2.20. The van der Waals surface area contributed by atoms with Crippen molar-refractivity contribution in [3.05, 3.63) is 51.8 Å². The maximum Gasteiger partial charge on any atom is 0.186 e. The first-order valence-electron chi connectivity index (χ1n) is 6.21. The van der Waals surface area contributed by atoms with Gasteiger partial charge in [-0.15, -0.1) is 0 Å². The summed E-state index contributed by atoms with van der Waals surface area (Å²) in [6.07, 6.45) is 2.25. The molecule has 0 unspecified atom stereocenters. The van der Waals surface area contributed by atoms with Crippen molar-refractivity contribution < 1.29 is 13.6 Å². The minimum absolute atomic E-state index is 0.125. The highest BCUT2D eigenvalue weighted by molar-refractivity contribution is 9.10. The molecule has 0 spiro atoms. The van der Waals surface area contributed by atoms with Crippen molar-refractivity contribution in [1.29, 1.82) is 0 Å². The predicted molar refractivity (Wildman–Crippen MR) is 74.6 cm³/mol. The molecule has 0 bridgehead atoms. The molecule has 0 amide bonds. The number of Topliss-reactive ketones (excluding diaryl/α,β-unsaturated/α-hetero) is 1. The number of rotatable bonds is 5. The van der Waals surface area contributed by atoms with E-state index in [9.17, 15) is 13.6 Å². The first-order valence-corrected chi connectivity index (χ1v) is 7.00. The van der Waals surface area contributed by atoms with Crippen molar-refractivity contribution in [1.82, 2.24) is 9.78 Å². The zero-order valence-corrected chi connectivity index (χ0v) is 12.5. The summed E-state index contributed by atoms with van der Waals surface area (Å²) in [5.41, 5.74) is 0.586. The number of hydrogen-bond acceptors (Lipinski definition) is 2. The number of aromatic nitrogens is 2. The Balaban J connectivity index is 2.26. The third-order valence-electron chi connectivity index (χ3n) is 2.86. The van der Waals surface area contributed by atoms with Gasteiger partial charge < -0.3 is 0 Å². The topological polar surface area (TPSA) is 34.9 Å². The van der Waals surface area contributed by atoms with E-state index in [1.165, 1.54) is 6.07 Å². The lowest BCUT2D eigenvalue weighted by Gasteiger charge is -2.07. The van der Waals surface area contributed by atoms with Crippen LogP contribution in [0.25, 0.3) is 0 Å². The average Bonchev–Trinajstić information content (AvgIpc) is 2.74. The number of nitrogens with zero attached hydrogens (tertiary/aromatic N) is 2. The van der Waals surface area contributed by atoms with E-state index in [0.717, 1.165) is 18.6 Å². The summed E-state index contributed by atoms with van der Waals surface area (Å²) in [6.45, 7) is 2.59. The smallest absolute Gasteiger partial charge is 0.186 e. The Hall–Kier alpha value is -1.56. The Bertz CT molecular complexity index is 640. The van der Waals surface area contributed by atoms with E-state index >= 15 is 0 Å². The molecule has 0 aliphatic rings. The first kappa shape index (κ1) is 14.8. The number of hydrogen-bond donors (Lipinski definition) is 0. The molecule has 20 heavy (non-hydrogen) atoms. The standard InChI is InChI=1S/C14H13BrF2N2O/c1-2-5-19-14(11(15)8-18-19)13(20)6-9-3-4-10(16)7-12(9)17/h3-4,7-8H,2,5-6H2,1H3. The SMILES string of the molecule is CCCn1ncc(Br)c1C(=O)Cc1ccc(F)cc1F. The number of ketones is 1. The molecule has 2 rings (SSSR count). The average molecular weight is 343 g/mol. The Labute approximate surface area is 123 Å². The van der Waals surface area contributed by atoms with Crippen molar-refractivity contribution >= 4 is 21.7 Å². The predicted octanol–water partition coefficient (Wildman–Crippen LogP) is 3.76.